The zero-order valence-electron chi connectivity index (χ0n) is 8.11. The fraction of sp³-hybridized carbons (Fsp3) is 0.400. The number of thiophene rings is 1. The van der Waals surface area contributed by atoms with Gasteiger partial charge in [0.2, 0.25) is 5.28 Å². The van der Waals surface area contributed by atoms with Crippen molar-refractivity contribution in [1.29, 1.82) is 0 Å². The first-order valence-electron chi connectivity index (χ1n) is 4.99. The fourth-order valence-corrected chi connectivity index (χ4v) is 2.90. The van der Waals surface area contributed by atoms with E-state index in [2.05, 4.69) is 20.2 Å². The van der Waals surface area contributed by atoms with Crippen molar-refractivity contribution in [1.82, 2.24) is 9.97 Å². The largest absolute Gasteiger partial charge is 0.356 e. The SMILES string of the molecule is Clc1nc(N2CCCC2)c2cscc2n1. The predicted octanol–water partition coefficient (Wildman–Crippen LogP) is 2.94. The number of hydrogen-bond acceptors (Lipinski definition) is 4. The average Bonchev–Trinajstić information content (AvgIpc) is 2.86. The number of rotatable bonds is 1. The lowest BCUT2D eigenvalue weighted by Gasteiger charge is -2.16. The van der Waals surface area contributed by atoms with Gasteiger partial charge < -0.3 is 4.90 Å². The molecular formula is C10H10ClN3S. The number of fused-ring (bicyclic) bond motifs is 1. The molecular weight excluding hydrogens is 230 g/mol. The molecule has 1 saturated heterocycles. The molecule has 3 heterocycles. The highest BCUT2D eigenvalue weighted by molar-refractivity contribution is 7.09. The van der Waals surface area contributed by atoms with Gasteiger partial charge >= 0.3 is 0 Å². The Balaban J connectivity index is 2.18. The summed E-state index contributed by atoms with van der Waals surface area (Å²) in [6.07, 6.45) is 2.49. The Hall–Kier alpha value is -0.870. The maximum Gasteiger partial charge on any atom is 0.224 e. The quantitative estimate of drug-likeness (QED) is 0.717. The summed E-state index contributed by atoms with van der Waals surface area (Å²) in [6.45, 7) is 2.16. The molecule has 2 aromatic rings. The number of aromatic nitrogens is 2. The van der Waals surface area contributed by atoms with Gasteiger partial charge in [-0.05, 0) is 24.4 Å². The summed E-state index contributed by atoms with van der Waals surface area (Å²) in [5, 5.41) is 5.59. The molecule has 0 atom stereocenters. The molecule has 5 heteroatoms. The van der Waals surface area contributed by atoms with Gasteiger partial charge in [-0.2, -0.15) is 4.98 Å². The van der Waals surface area contributed by atoms with Crippen molar-refractivity contribution in [3.63, 3.8) is 0 Å². The van der Waals surface area contributed by atoms with Gasteiger partial charge in [-0.1, -0.05) is 0 Å². The van der Waals surface area contributed by atoms with E-state index >= 15 is 0 Å². The molecule has 0 aliphatic carbocycles. The first-order valence-corrected chi connectivity index (χ1v) is 6.31. The van der Waals surface area contributed by atoms with E-state index in [1.807, 2.05) is 5.38 Å². The van der Waals surface area contributed by atoms with Crippen molar-refractivity contribution in [2.24, 2.45) is 0 Å². The Morgan fingerprint density at radius 3 is 2.80 bits per heavy atom. The van der Waals surface area contributed by atoms with Gasteiger partial charge in [-0.25, -0.2) is 4.98 Å². The first kappa shape index (κ1) is 9.36. The minimum absolute atomic E-state index is 0.350. The third kappa shape index (κ3) is 1.58. The van der Waals surface area contributed by atoms with Crippen LogP contribution in [0.1, 0.15) is 12.8 Å². The molecule has 3 rings (SSSR count). The number of hydrogen-bond donors (Lipinski definition) is 0. The summed E-state index contributed by atoms with van der Waals surface area (Å²) in [5.41, 5.74) is 0.960. The Morgan fingerprint density at radius 1 is 1.20 bits per heavy atom. The third-order valence-corrected chi connectivity index (χ3v) is 3.60. The summed E-state index contributed by atoms with van der Waals surface area (Å²) in [7, 11) is 0. The van der Waals surface area contributed by atoms with Crippen LogP contribution in [-0.2, 0) is 0 Å². The highest BCUT2D eigenvalue weighted by Crippen LogP contribution is 2.30. The second kappa shape index (κ2) is 3.61. The summed E-state index contributed by atoms with van der Waals surface area (Å²) >= 11 is 7.56. The number of nitrogens with zero attached hydrogens (tertiary/aromatic N) is 3. The van der Waals surface area contributed by atoms with Crippen LogP contribution in [0.4, 0.5) is 5.82 Å². The van der Waals surface area contributed by atoms with Crippen LogP contribution in [0.2, 0.25) is 5.28 Å². The van der Waals surface area contributed by atoms with E-state index in [-0.39, 0.29) is 0 Å². The first-order chi connectivity index (χ1) is 7.34. The van der Waals surface area contributed by atoms with E-state index in [0.717, 1.165) is 29.8 Å². The average molecular weight is 240 g/mol. The second-order valence-electron chi connectivity index (χ2n) is 3.68. The lowest BCUT2D eigenvalue weighted by atomic mass is 10.3. The van der Waals surface area contributed by atoms with Crippen LogP contribution in [0.5, 0.6) is 0 Å². The standard InChI is InChI=1S/C10H10ClN3S/c11-10-12-8-6-15-5-7(8)9(13-10)14-3-1-2-4-14/h5-6H,1-4H2. The normalized spacial score (nSPS) is 16.5. The van der Waals surface area contributed by atoms with Crippen LogP contribution in [0, 0.1) is 0 Å². The molecule has 3 nitrogen and oxygen atoms in total. The molecule has 1 aliphatic heterocycles. The monoisotopic (exact) mass is 239 g/mol. The molecule has 0 unspecified atom stereocenters. The summed E-state index contributed by atoms with van der Waals surface area (Å²) < 4.78 is 0. The minimum atomic E-state index is 0.350. The molecule has 15 heavy (non-hydrogen) atoms. The second-order valence-corrected chi connectivity index (χ2v) is 4.76. The van der Waals surface area contributed by atoms with E-state index < -0.39 is 0 Å². The molecule has 0 N–H and O–H groups in total. The predicted molar refractivity (Wildman–Crippen MR) is 63.9 cm³/mol. The zero-order valence-corrected chi connectivity index (χ0v) is 9.68. The van der Waals surface area contributed by atoms with Gasteiger partial charge in [0.1, 0.15) is 5.82 Å². The van der Waals surface area contributed by atoms with Gasteiger partial charge in [0, 0.05) is 23.8 Å². The van der Waals surface area contributed by atoms with E-state index in [1.54, 1.807) is 11.3 Å². The fourth-order valence-electron chi connectivity index (χ4n) is 1.99. The Labute approximate surface area is 96.7 Å². The van der Waals surface area contributed by atoms with Crippen molar-refractivity contribution < 1.29 is 0 Å². The zero-order chi connectivity index (χ0) is 10.3. The van der Waals surface area contributed by atoms with Crippen molar-refractivity contribution in [3.05, 3.63) is 16.0 Å². The molecule has 78 valence electrons. The summed E-state index contributed by atoms with van der Waals surface area (Å²) in [6, 6.07) is 0. The maximum absolute atomic E-state index is 5.91. The third-order valence-electron chi connectivity index (χ3n) is 2.70. The molecule has 0 spiro atoms. The maximum atomic E-state index is 5.91. The summed E-state index contributed by atoms with van der Waals surface area (Å²) in [5.74, 6) is 1.00. The van der Waals surface area contributed by atoms with Crippen LogP contribution in [0.15, 0.2) is 10.8 Å². The van der Waals surface area contributed by atoms with Gasteiger partial charge in [-0.15, -0.1) is 11.3 Å². The number of anilines is 1. The molecule has 0 bridgehead atoms. The molecule has 1 aliphatic rings. The van der Waals surface area contributed by atoms with Crippen molar-refractivity contribution in [2.45, 2.75) is 12.8 Å². The smallest absolute Gasteiger partial charge is 0.224 e. The molecule has 0 amide bonds. The van der Waals surface area contributed by atoms with E-state index in [9.17, 15) is 0 Å². The molecule has 0 aromatic carbocycles. The van der Waals surface area contributed by atoms with Crippen molar-refractivity contribution in [3.8, 4) is 0 Å². The highest BCUT2D eigenvalue weighted by Gasteiger charge is 2.17. The van der Waals surface area contributed by atoms with Crippen LogP contribution < -0.4 is 4.90 Å². The Bertz CT molecular complexity index is 490. The topological polar surface area (TPSA) is 29.0 Å². The van der Waals surface area contributed by atoms with Crippen LogP contribution in [0.3, 0.4) is 0 Å². The van der Waals surface area contributed by atoms with E-state index in [4.69, 9.17) is 11.6 Å². The van der Waals surface area contributed by atoms with Gasteiger partial charge in [0.05, 0.1) is 10.9 Å². The van der Waals surface area contributed by atoms with E-state index in [1.165, 1.54) is 12.8 Å². The van der Waals surface area contributed by atoms with Crippen molar-refractivity contribution >= 4 is 39.7 Å². The van der Waals surface area contributed by atoms with Gasteiger partial charge in [-0.3, -0.25) is 0 Å². The van der Waals surface area contributed by atoms with E-state index in [0.29, 0.717) is 5.28 Å². The van der Waals surface area contributed by atoms with Crippen LogP contribution in [-0.4, -0.2) is 23.1 Å². The molecule has 0 saturated carbocycles. The lowest BCUT2D eigenvalue weighted by Crippen LogP contribution is -2.19. The highest BCUT2D eigenvalue weighted by atomic mass is 35.5. The van der Waals surface area contributed by atoms with Gasteiger partial charge in [0.15, 0.2) is 0 Å². The Morgan fingerprint density at radius 2 is 2.00 bits per heavy atom. The minimum Gasteiger partial charge on any atom is -0.356 e. The number of halogens is 1. The van der Waals surface area contributed by atoms with Crippen LogP contribution >= 0.6 is 22.9 Å². The Kier molecular flexibility index (Phi) is 2.25. The van der Waals surface area contributed by atoms with Crippen molar-refractivity contribution in [2.75, 3.05) is 18.0 Å². The van der Waals surface area contributed by atoms with Gasteiger partial charge in [0.25, 0.3) is 0 Å². The molecule has 2 aromatic heterocycles. The van der Waals surface area contributed by atoms with Crippen LogP contribution in [0.25, 0.3) is 10.9 Å². The lowest BCUT2D eigenvalue weighted by molar-refractivity contribution is 0.940. The molecule has 0 radical (unpaired) electrons. The summed E-state index contributed by atoms with van der Waals surface area (Å²) in [4.78, 5) is 10.8. The molecule has 1 fully saturated rings.